The fraction of sp³-hybridized carbons (Fsp3) is 0.375. The lowest BCUT2D eigenvalue weighted by atomic mass is 10.2. The van der Waals surface area contributed by atoms with Crippen LogP contribution in [-0.4, -0.2) is 47.9 Å². The lowest BCUT2D eigenvalue weighted by Crippen LogP contribution is -2.37. The first kappa shape index (κ1) is 15.3. The summed E-state index contributed by atoms with van der Waals surface area (Å²) >= 11 is 0. The topological polar surface area (TPSA) is 84.4 Å². The van der Waals surface area contributed by atoms with E-state index in [-0.39, 0.29) is 17.0 Å². The fourth-order valence-corrected chi connectivity index (χ4v) is 5.07. The summed E-state index contributed by atoms with van der Waals surface area (Å²) in [5, 5.41) is 3.31. The molecular weight excluding hydrogens is 328 g/mol. The second-order valence-corrected chi connectivity index (χ2v) is 7.97. The Hall–Kier alpha value is -2.19. The molecule has 0 spiro atoms. The third-order valence-corrected chi connectivity index (χ3v) is 6.34. The molecule has 3 heterocycles. The van der Waals surface area contributed by atoms with E-state index in [0.29, 0.717) is 31.1 Å². The monoisotopic (exact) mass is 346 g/mol. The maximum Gasteiger partial charge on any atom is 0.247 e. The van der Waals surface area contributed by atoms with Gasteiger partial charge in [0.2, 0.25) is 10.0 Å². The van der Waals surface area contributed by atoms with Gasteiger partial charge in [0.25, 0.3) is 0 Å². The van der Waals surface area contributed by atoms with E-state index >= 15 is 0 Å². The number of nitrogens with zero attached hydrogens (tertiary/aromatic N) is 3. The molecule has 0 unspecified atom stereocenters. The molecule has 126 valence electrons. The summed E-state index contributed by atoms with van der Waals surface area (Å²) in [6.45, 7) is 2.65. The lowest BCUT2D eigenvalue weighted by molar-refractivity contribution is 0.240. The molecule has 4 rings (SSSR count). The van der Waals surface area contributed by atoms with Crippen molar-refractivity contribution in [3.8, 4) is 5.75 Å². The molecule has 0 bridgehead atoms. The van der Waals surface area contributed by atoms with Crippen LogP contribution in [0.1, 0.15) is 12.1 Å². The highest BCUT2D eigenvalue weighted by atomic mass is 32.2. The van der Waals surface area contributed by atoms with E-state index < -0.39 is 10.0 Å². The summed E-state index contributed by atoms with van der Waals surface area (Å²) in [5.41, 5.74) is 0.866. The number of hydrogen-bond acceptors (Lipinski definition) is 6. The Balaban J connectivity index is 1.59. The first-order valence-electron chi connectivity index (χ1n) is 7.83. The maximum absolute atomic E-state index is 13.0. The van der Waals surface area contributed by atoms with Gasteiger partial charge in [-0.3, -0.25) is 0 Å². The number of aromatic nitrogens is 2. The molecule has 1 fully saturated rings. The second-order valence-electron chi connectivity index (χ2n) is 6.11. The van der Waals surface area contributed by atoms with E-state index in [1.54, 1.807) is 28.6 Å². The summed E-state index contributed by atoms with van der Waals surface area (Å²) in [5.74, 6) is 1.15. The van der Waals surface area contributed by atoms with Gasteiger partial charge >= 0.3 is 0 Å². The summed E-state index contributed by atoms with van der Waals surface area (Å²) in [6.07, 6.45) is 2.18. The molecule has 1 aromatic carbocycles. The van der Waals surface area contributed by atoms with E-state index in [0.717, 1.165) is 5.69 Å². The lowest BCUT2D eigenvalue weighted by Gasteiger charge is -2.19. The number of rotatable bonds is 2. The quantitative estimate of drug-likeness (QED) is 0.885. The van der Waals surface area contributed by atoms with Crippen molar-refractivity contribution in [1.82, 2.24) is 14.3 Å². The molecule has 2 aliphatic rings. The molecule has 1 saturated heterocycles. The zero-order chi connectivity index (χ0) is 16.7. The van der Waals surface area contributed by atoms with Gasteiger partial charge in [-0.1, -0.05) is 12.1 Å². The van der Waals surface area contributed by atoms with Crippen LogP contribution in [0.2, 0.25) is 0 Å². The number of hydrogen-bond donors (Lipinski definition) is 1. The van der Waals surface area contributed by atoms with E-state index in [9.17, 15) is 8.42 Å². The van der Waals surface area contributed by atoms with Crippen LogP contribution in [0.3, 0.4) is 0 Å². The fourth-order valence-electron chi connectivity index (χ4n) is 3.27. The van der Waals surface area contributed by atoms with Gasteiger partial charge in [-0.25, -0.2) is 18.4 Å². The zero-order valence-electron chi connectivity index (χ0n) is 13.2. The van der Waals surface area contributed by atoms with Crippen LogP contribution in [-0.2, 0) is 10.0 Å². The Labute approximate surface area is 140 Å². The van der Waals surface area contributed by atoms with Crippen LogP contribution in [0.15, 0.2) is 41.6 Å². The van der Waals surface area contributed by atoms with Crippen LogP contribution >= 0.6 is 0 Å². The van der Waals surface area contributed by atoms with Crippen molar-refractivity contribution in [3.63, 3.8) is 0 Å². The van der Waals surface area contributed by atoms with Crippen molar-refractivity contribution in [3.05, 3.63) is 42.4 Å². The van der Waals surface area contributed by atoms with E-state index in [2.05, 4.69) is 15.3 Å². The van der Waals surface area contributed by atoms with Gasteiger partial charge in [0.05, 0.1) is 6.04 Å². The molecule has 24 heavy (non-hydrogen) atoms. The summed E-state index contributed by atoms with van der Waals surface area (Å²) in [6, 6.07) is 8.47. The Morgan fingerprint density at radius 2 is 2.12 bits per heavy atom. The number of benzene rings is 1. The number of para-hydroxylation sites is 1. The molecule has 2 aromatic rings. The van der Waals surface area contributed by atoms with Crippen molar-refractivity contribution in [2.75, 3.05) is 18.5 Å². The normalized spacial score (nSPS) is 25.2. The first-order chi connectivity index (χ1) is 11.5. The molecule has 1 aromatic heterocycles. The van der Waals surface area contributed by atoms with Gasteiger partial charge in [-0.2, -0.15) is 4.31 Å². The smallest absolute Gasteiger partial charge is 0.247 e. The minimum atomic E-state index is -3.55. The average molecular weight is 346 g/mol. The van der Waals surface area contributed by atoms with Crippen LogP contribution in [0.4, 0.5) is 5.82 Å². The molecule has 0 radical (unpaired) electrons. The van der Waals surface area contributed by atoms with Gasteiger partial charge in [0.15, 0.2) is 0 Å². The first-order valence-corrected chi connectivity index (χ1v) is 9.27. The third kappa shape index (κ3) is 2.61. The molecule has 0 saturated carbocycles. The maximum atomic E-state index is 13.0. The predicted octanol–water partition coefficient (Wildman–Crippen LogP) is 1.42. The van der Waals surface area contributed by atoms with E-state index in [1.165, 1.54) is 6.33 Å². The number of sulfonamides is 1. The average Bonchev–Trinajstić information content (AvgIpc) is 2.93. The van der Waals surface area contributed by atoms with E-state index in [4.69, 9.17) is 4.74 Å². The number of nitrogens with one attached hydrogen (secondary N) is 1. The Morgan fingerprint density at radius 1 is 1.29 bits per heavy atom. The largest absolute Gasteiger partial charge is 0.490 e. The Bertz CT molecular complexity index is 871. The zero-order valence-corrected chi connectivity index (χ0v) is 14.0. The Morgan fingerprint density at radius 3 is 2.96 bits per heavy atom. The Kier molecular flexibility index (Phi) is 3.65. The van der Waals surface area contributed by atoms with Crippen LogP contribution in [0.5, 0.6) is 5.75 Å². The minimum absolute atomic E-state index is 0.00654. The van der Waals surface area contributed by atoms with Crippen molar-refractivity contribution < 1.29 is 13.2 Å². The molecular formula is C16H18N4O3S. The molecule has 2 atom stereocenters. The standard InChI is InChI=1S/C16H18N4O3S/c1-11-6-16(18-10-17-11)19-12-7-13-9-23-14-4-2-3-5-15(14)24(21,22)20(13)8-12/h2-6,10,12-13H,7-9H2,1H3,(H,17,18,19)/t12-,13-/m0/s1. The molecule has 0 amide bonds. The summed E-state index contributed by atoms with van der Waals surface area (Å²) < 4.78 is 33.2. The van der Waals surface area contributed by atoms with Crippen LogP contribution in [0, 0.1) is 6.92 Å². The minimum Gasteiger partial charge on any atom is -0.490 e. The highest BCUT2D eigenvalue weighted by molar-refractivity contribution is 7.89. The van der Waals surface area contributed by atoms with Gasteiger partial charge in [-0.05, 0) is 25.5 Å². The van der Waals surface area contributed by atoms with Gasteiger partial charge in [-0.15, -0.1) is 0 Å². The van der Waals surface area contributed by atoms with E-state index in [1.807, 2.05) is 13.0 Å². The molecule has 7 nitrogen and oxygen atoms in total. The molecule has 0 aliphatic carbocycles. The van der Waals surface area contributed by atoms with Gasteiger partial charge < -0.3 is 10.1 Å². The number of fused-ring (bicyclic) bond motifs is 2. The SMILES string of the molecule is Cc1cc(N[C@H]2C[C@H]3COc4ccccc4S(=O)(=O)N3C2)ncn1. The highest BCUT2D eigenvalue weighted by Gasteiger charge is 2.43. The van der Waals surface area contributed by atoms with Crippen molar-refractivity contribution in [2.45, 2.75) is 30.3 Å². The molecule has 1 N–H and O–H groups in total. The van der Waals surface area contributed by atoms with Gasteiger partial charge in [0, 0.05) is 24.3 Å². The third-order valence-electron chi connectivity index (χ3n) is 4.39. The molecule has 2 aliphatic heterocycles. The second kappa shape index (κ2) is 5.71. The predicted molar refractivity (Wildman–Crippen MR) is 88.4 cm³/mol. The van der Waals surface area contributed by atoms with Crippen LogP contribution < -0.4 is 10.1 Å². The number of ether oxygens (including phenoxy) is 1. The highest BCUT2D eigenvalue weighted by Crippen LogP contribution is 2.35. The van der Waals surface area contributed by atoms with Gasteiger partial charge in [0.1, 0.15) is 29.4 Å². The summed E-state index contributed by atoms with van der Waals surface area (Å²) in [7, 11) is -3.55. The summed E-state index contributed by atoms with van der Waals surface area (Å²) in [4.78, 5) is 8.50. The van der Waals surface area contributed by atoms with Crippen molar-refractivity contribution in [1.29, 1.82) is 0 Å². The number of aryl methyl sites for hydroxylation is 1. The van der Waals surface area contributed by atoms with Crippen molar-refractivity contribution in [2.24, 2.45) is 0 Å². The number of anilines is 1. The van der Waals surface area contributed by atoms with Crippen molar-refractivity contribution >= 4 is 15.8 Å². The molecule has 8 heteroatoms. The van der Waals surface area contributed by atoms with Crippen LogP contribution in [0.25, 0.3) is 0 Å².